The third kappa shape index (κ3) is 65.1. The number of rotatable bonds is 64. The number of phosphoric ester groups is 1. The second-order valence-corrected chi connectivity index (χ2v) is 25.9. The molecule has 0 bridgehead atoms. The topological polar surface area (TPSA) is 111 Å². The number of esters is 2. The maximum absolute atomic E-state index is 12.8. The van der Waals surface area contributed by atoms with E-state index in [1.54, 1.807) is 0 Å². The van der Waals surface area contributed by atoms with Crippen LogP contribution in [0.2, 0.25) is 0 Å². The summed E-state index contributed by atoms with van der Waals surface area (Å²) in [6.45, 7) is 4.16. The summed E-state index contributed by atoms with van der Waals surface area (Å²) < 4.78 is 34.2. The molecule has 0 N–H and O–H groups in total. The molecule has 0 aromatic rings. The minimum atomic E-state index is -4.64. The van der Waals surface area contributed by atoms with E-state index in [4.69, 9.17) is 18.5 Å². The zero-order chi connectivity index (χ0) is 58.4. The van der Waals surface area contributed by atoms with Gasteiger partial charge in [-0.05, 0) is 51.4 Å². The number of ether oxygens (including phenoxy) is 2. The van der Waals surface area contributed by atoms with Crippen molar-refractivity contribution in [1.82, 2.24) is 0 Å². The van der Waals surface area contributed by atoms with Crippen molar-refractivity contribution in [2.24, 2.45) is 0 Å². The summed E-state index contributed by atoms with van der Waals surface area (Å²) in [5.41, 5.74) is 0. The van der Waals surface area contributed by atoms with E-state index < -0.39 is 26.5 Å². The fraction of sp³-hybridized carbons (Fsp3) is 0.857. The van der Waals surface area contributed by atoms with E-state index in [-0.39, 0.29) is 32.0 Å². The average molecular weight is 1150 g/mol. The summed E-state index contributed by atoms with van der Waals surface area (Å²) in [4.78, 5) is 38.0. The molecule has 2 unspecified atom stereocenters. The van der Waals surface area contributed by atoms with Gasteiger partial charge in [-0.1, -0.05) is 319 Å². The quantitative estimate of drug-likeness (QED) is 0.0195. The van der Waals surface area contributed by atoms with Crippen molar-refractivity contribution in [3.05, 3.63) is 48.6 Å². The van der Waals surface area contributed by atoms with Gasteiger partial charge in [-0.15, -0.1) is 0 Å². The third-order valence-corrected chi connectivity index (χ3v) is 16.3. The summed E-state index contributed by atoms with van der Waals surface area (Å²) in [5, 5.41) is 0. The van der Waals surface area contributed by atoms with Crippen molar-refractivity contribution in [3.63, 3.8) is 0 Å². The SMILES string of the molecule is CC/C=C\C/C=C\C/C=C\C/C=C\CCCCCCCCC(=O)OC(COC(=O)CCCCCCCCCCCCCCCCCCCCCCCCCCCCCCCCCCCCCCC)COP(=O)([O-])OCC[N+](C)(C)C. The van der Waals surface area contributed by atoms with Crippen molar-refractivity contribution in [2.45, 2.75) is 341 Å². The number of phosphoric acid groups is 1. The van der Waals surface area contributed by atoms with Crippen molar-refractivity contribution >= 4 is 19.8 Å². The molecule has 0 fully saturated rings. The molecule has 0 spiro atoms. The van der Waals surface area contributed by atoms with E-state index in [0.29, 0.717) is 17.4 Å². The van der Waals surface area contributed by atoms with Crippen molar-refractivity contribution in [1.29, 1.82) is 0 Å². The van der Waals surface area contributed by atoms with Crippen LogP contribution in [0.15, 0.2) is 48.6 Å². The van der Waals surface area contributed by atoms with E-state index in [1.807, 2.05) is 21.1 Å². The molecule has 80 heavy (non-hydrogen) atoms. The van der Waals surface area contributed by atoms with Gasteiger partial charge in [0.1, 0.15) is 19.8 Å². The lowest BCUT2D eigenvalue weighted by molar-refractivity contribution is -0.870. The van der Waals surface area contributed by atoms with Crippen LogP contribution < -0.4 is 4.89 Å². The molecule has 0 radical (unpaired) electrons. The number of nitrogens with zero attached hydrogens (tertiary/aromatic N) is 1. The Bertz CT molecular complexity index is 1490. The minimum absolute atomic E-state index is 0.0338. The van der Waals surface area contributed by atoms with Crippen molar-refractivity contribution in [2.75, 3.05) is 47.5 Å². The van der Waals surface area contributed by atoms with E-state index in [0.717, 1.165) is 83.5 Å². The maximum Gasteiger partial charge on any atom is 0.306 e. The Balaban J connectivity index is 3.92. The van der Waals surface area contributed by atoms with Gasteiger partial charge in [-0.2, -0.15) is 0 Å². The van der Waals surface area contributed by atoms with Crippen LogP contribution in [0, 0.1) is 0 Å². The highest BCUT2D eigenvalue weighted by atomic mass is 31.2. The highest BCUT2D eigenvalue weighted by Crippen LogP contribution is 2.38. The Hall–Kier alpha value is -2.03. The van der Waals surface area contributed by atoms with Crippen LogP contribution in [-0.4, -0.2) is 70.0 Å². The predicted molar refractivity (Wildman–Crippen MR) is 342 cm³/mol. The van der Waals surface area contributed by atoms with Crippen LogP contribution in [0.3, 0.4) is 0 Å². The van der Waals surface area contributed by atoms with Crippen LogP contribution in [-0.2, 0) is 32.7 Å². The molecular weight excluding hydrogens is 1010 g/mol. The number of unbranched alkanes of at least 4 members (excludes halogenated alkanes) is 42. The second kappa shape index (κ2) is 61.5. The van der Waals surface area contributed by atoms with Gasteiger partial charge in [0.25, 0.3) is 7.82 Å². The van der Waals surface area contributed by atoms with Crippen LogP contribution >= 0.6 is 7.82 Å². The molecule has 0 aromatic heterocycles. The number of carbonyl (C=O) groups is 2. The molecule has 0 aromatic carbocycles. The smallest absolute Gasteiger partial charge is 0.306 e. The van der Waals surface area contributed by atoms with Gasteiger partial charge in [-0.25, -0.2) is 0 Å². The summed E-state index contributed by atoms with van der Waals surface area (Å²) in [5.74, 6) is -0.837. The zero-order valence-corrected chi connectivity index (χ0v) is 54.4. The van der Waals surface area contributed by atoms with Gasteiger partial charge in [0, 0.05) is 12.8 Å². The molecule has 0 aliphatic rings. The van der Waals surface area contributed by atoms with Gasteiger partial charge < -0.3 is 27.9 Å². The molecule has 2 atom stereocenters. The fourth-order valence-electron chi connectivity index (χ4n) is 10.1. The molecule has 0 heterocycles. The van der Waals surface area contributed by atoms with Crippen molar-refractivity contribution < 1.29 is 42.1 Å². The lowest BCUT2D eigenvalue weighted by Crippen LogP contribution is -2.37. The molecule has 0 saturated heterocycles. The zero-order valence-electron chi connectivity index (χ0n) is 53.5. The lowest BCUT2D eigenvalue weighted by atomic mass is 10.0. The predicted octanol–water partition coefficient (Wildman–Crippen LogP) is 21.4. The Morgan fingerprint density at radius 3 is 1.06 bits per heavy atom. The first-order valence-corrected chi connectivity index (χ1v) is 35.8. The Morgan fingerprint density at radius 1 is 0.400 bits per heavy atom. The largest absolute Gasteiger partial charge is 0.756 e. The van der Waals surface area contributed by atoms with Gasteiger partial charge in [0.15, 0.2) is 6.10 Å². The Labute approximate surface area is 496 Å². The maximum atomic E-state index is 12.8. The Kier molecular flexibility index (Phi) is 60.0. The normalized spacial score (nSPS) is 13.4. The first-order chi connectivity index (χ1) is 39.0. The molecule has 9 nitrogen and oxygen atoms in total. The summed E-state index contributed by atoms with van der Waals surface area (Å²) in [6.07, 6.45) is 79.3. The van der Waals surface area contributed by atoms with Gasteiger partial charge in [0.05, 0.1) is 27.7 Å². The number of likely N-dealkylation sites (N-methyl/N-ethyl adjacent to an activating group) is 1. The third-order valence-electron chi connectivity index (χ3n) is 15.4. The fourth-order valence-corrected chi connectivity index (χ4v) is 10.9. The van der Waals surface area contributed by atoms with Gasteiger partial charge >= 0.3 is 11.9 Å². The van der Waals surface area contributed by atoms with Crippen LogP contribution in [0.5, 0.6) is 0 Å². The lowest BCUT2D eigenvalue weighted by Gasteiger charge is -2.28. The van der Waals surface area contributed by atoms with E-state index in [1.165, 1.54) is 218 Å². The molecule has 0 rings (SSSR count). The standard InChI is InChI=1S/C70H132NO8P/c1-6-8-10-12-14-16-18-20-22-24-26-27-28-29-30-31-32-33-34-35-36-37-38-39-40-41-42-43-45-46-48-50-52-54-56-58-60-62-69(72)76-66-68(67-78-80(74,75)77-65-64-71(3,4)5)79-70(73)63-61-59-57-55-53-51-49-47-44-25-23-21-19-17-15-13-11-9-7-2/h9,11,15,17,21,23,44,47,68H,6-8,10,12-14,16,18-20,22,24-43,45-46,48-67H2,1-5H3/b11-9-,17-15-,23-21-,47-44-. The molecule has 470 valence electrons. The Morgan fingerprint density at radius 2 is 0.713 bits per heavy atom. The molecule has 0 aliphatic carbocycles. The summed E-state index contributed by atoms with van der Waals surface area (Å²) >= 11 is 0. The van der Waals surface area contributed by atoms with E-state index >= 15 is 0 Å². The van der Waals surface area contributed by atoms with E-state index in [2.05, 4.69) is 62.5 Å². The number of carbonyl (C=O) groups excluding carboxylic acids is 2. The molecule has 0 amide bonds. The molecule has 0 aliphatic heterocycles. The monoisotopic (exact) mass is 1150 g/mol. The summed E-state index contributed by atoms with van der Waals surface area (Å²) in [6, 6.07) is 0. The number of quaternary nitrogens is 1. The highest BCUT2D eigenvalue weighted by Gasteiger charge is 2.22. The number of allylic oxidation sites excluding steroid dienone is 8. The minimum Gasteiger partial charge on any atom is -0.756 e. The van der Waals surface area contributed by atoms with Crippen LogP contribution in [0.25, 0.3) is 0 Å². The second-order valence-electron chi connectivity index (χ2n) is 24.5. The van der Waals surface area contributed by atoms with E-state index in [9.17, 15) is 19.0 Å². The first-order valence-electron chi connectivity index (χ1n) is 34.3. The van der Waals surface area contributed by atoms with Crippen LogP contribution in [0.4, 0.5) is 0 Å². The molecule has 10 heteroatoms. The first kappa shape index (κ1) is 78.0. The van der Waals surface area contributed by atoms with Crippen molar-refractivity contribution in [3.8, 4) is 0 Å². The van der Waals surface area contributed by atoms with Gasteiger partial charge in [-0.3, -0.25) is 14.2 Å². The molecular formula is C70H132NO8P. The summed E-state index contributed by atoms with van der Waals surface area (Å²) in [7, 11) is 1.16. The number of hydrogen-bond acceptors (Lipinski definition) is 8. The molecule has 0 saturated carbocycles. The van der Waals surface area contributed by atoms with Crippen LogP contribution in [0.1, 0.15) is 335 Å². The van der Waals surface area contributed by atoms with Gasteiger partial charge in [0.2, 0.25) is 0 Å². The highest BCUT2D eigenvalue weighted by molar-refractivity contribution is 7.45. The average Bonchev–Trinajstić information content (AvgIpc) is 3.42. The number of hydrogen-bond donors (Lipinski definition) is 0.